The molecule has 0 heterocycles. The number of rotatable bonds is 8. The van der Waals surface area contributed by atoms with Gasteiger partial charge >= 0.3 is 0 Å². The smallest absolute Gasteiger partial charge is 0.147 e. The summed E-state index contributed by atoms with van der Waals surface area (Å²) in [6, 6.07) is 4.06. The minimum Gasteiger partial charge on any atom is -0.489 e. The second-order valence-corrected chi connectivity index (χ2v) is 5.75. The highest BCUT2D eigenvalue weighted by molar-refractivity contribution is 9.11. The van der Waals surface area contributed by atoms with Gasteiger partial charge in [-0.05, 0) is 49.6 Å². The van der Waals surface area contributed by atoms with Crippen LogP contribution in [0.15, 0.2) is 21.1 Å². The predicted octanol–water partition coefficient (Wildman–Crippen LogP) is 4.15. The van der Waals surface area contributed by atoms with Crippen LogP contribution in [0.1, 0.15) is 5.56 Å². The lowest BCUT2D eigenvalue weighted by molar-refractivity contribution is 0.0542. The van der Waals surface area contributed by atoms with E-state index in [2.05, 4.69) is 47.8 Å². The van der Waals surface area contributed by atoms with Crippen LogP contribution in [0.25, 0.3) is 0 Å². The average Bonchev–Trinajstić information content (AvgIpc) is 2.35. The molecule has 0 aliphatic carbocycles. The Balaban J connectivity index is 2.42. The molecule has 0 aromatic heterocycles. The summed E-state index contributed by atoms with van der Waals surface area (Å²) in [4.78, 5) is 0. The fraction of sp³-hybridized carbons (Fsp3) is 0.500. The van der Waals surface area contributed by atoms with Crippen LogP contribution < -0.4 is 4.74 Å². The van der Waals surface area contributed by atoms with Gasteiger partial charge in [0.1, 0.15) is 12.4 Å². The number of alkyl halides is 1. The molecule has 0 radical (unpaired) electrons. The summed E-state index contributed by atoms with van der Waals surface area (Å²) in [5.41, 5.74) is 1.18. The lowest BCUT2D eigenvalue weighted by atomic mass is 10.2. The van der Waals surface area contributed by atoms with E-state index in [4.69, 9.17) is 14.2 Å². The Kier molecular flexibility index (Phi) is 8.50. The van der Waals surface area contributed by atoms with Crippen molar-refractivity contribution in [3.8, 4) is 5.75 Å². The second kappa shape index (κ2) is 9.31. The van der Waals surface area contributed by atoms with Crippen molar-refractivity contribution in [1.82, 2.24) is 0 Å². The van der Waals surface area contributed by atoms with Gasteiger partial charge in [-0.25, -0.2) is 0 Å². The fourth-order valence-electron chi connectivity index (χ4n) is 1.27. The van der Waals surface area contributed by atoms with Crippen molar-refractivity contribution in [3.63, 3.8) is 0 Å². The fourth-order valence-corrected chi connectivity index (χ4v) is 3.11. The van der Waals surface area contributed by atoms with Crippen molar-refractivity contribution < 1.29 is 14.2 Å². The maximum Gasteiger partial charge on any atom is 0.147 e. The Hall–Kier alpha value is 0.380. The molecule has 18 heavy (non-hydrogen) atoms. The standard InChI is InChI=1S/C12H15Br3O3/c1-16-2-3-17-4-5-18-12-10(14)6-9(8-13)7-11(12)15/h6-7H,2-5,8H2,1H3. The molecular weight excluding hydrogens is 432 g/mol. The summed E-state index contributed by atoms with van der Waals surface area (Å²) in [7, 11) is 1.65. The third kappa shape index (κ3) is 5.57. The van der Waals surface area contributed by atoms with Gasteiger partial charge in [-0.1, -0.05) is 15.9 Å². The largest absolute Gasteiger partial charge is 0.489 e. The zero-order chi connectivity index (χ0) is 13.4. The first-order chi connectivity index (χ1) is 8.69. The van der Waals surface area contributed by atoms with Crippen LogP contribution in [0.4, 0.5) is 0 Å². The van der Waals surface area contributed by atoms with Crippen LogP contribution in [-0.4, -0.2) is 33.5 Å². The Morgan fingerprint density at radius 1 is 1.00 bits per heavy atom. The normalized spacial score (nSPS) is 10.7. The van der Waals surface area contributed by atoms with Gasteiger partial charge in [0.25, 0.3) is 0 Å². The molecule has 1 rings (SSSR count). The van der Waals surface area contributed by atoms with E-state index < -0.39 is 0 Å². The third-order valence-corrected chi connectivity index (χ3v) is 3.94. The molecule has 6 heteroatoms. The quantitative estimate of drug-likeness (QED) is 0.443. The highest BCUT2D eigenvalue weighted by Crippen LogP contribution is 2.35. The number of hydrogen-bond acceptors (Lipinski definition) is 3. The van der Waals surface area contributed by atoms with E-state index in [1.54, 1.807) is 7.11 Å². The van der Waals surface area contributed by atoms with Crippen LogP contribution in [-0.2, 0) is 14.8 Å². The van der Waals surface area contributed by atoms with Crippen LogP contribution in [0.5, 0.6) is 5.75 Å². The van der Waals surface area contributed by atoms with E-state index in [1.165, 1.54) is 5.56 Å². The second-order valence-electron chi connectivity index (χ2n) is 3.48. The summed E-state index contributed by atoms with van der Waals surface area (Å²) < 4.78 is 17.8. The number of methoxy groups -OCH3 is 1. The molecule has 0 fully saturated rings. The molecule has 0 spiro atoms. The van der Waals surface area contributed by atoms with Crippen molar-refractivity contribution in [2.75, 3.05) is 33.5 Å². The summed E-state index contributed by atoms with van der Waals surface area (Å²) in [5.74, 6) is 0.801. The van der Waals surface area contributed by atoms with Gasteiger partial charge in [0.15, 0.2) is 0 Å². The molecule has 0 unspecified atom stereocenters. The average molecular weight is 447 g/mol. The van der Waals surface area contributed by atoms with Crippen molar-refractivity contribution in [2.24, 2.45) is 0 Å². The van der Waals surface area contributed by atoms with Gasteiger partial charge in [-0.2, -0.15) is 0 Å². The van der Waals surface area contributed by atoms with E-state index in [1.807, 2.05) is 12.1 Å². The minimum atomic E-state index is 0.509. The van der Waals surface area contributed by atoms with Crippen molar-refractivity contribution in [1.29, 1.82) is 0 Å². The highest BCUT2D eigenvalue weighted by Gasteiger charge is 2.08. The summed E-state index contributed by atoms with van der Waals surface area (Å²) in [5, 5.41) is 0.810. The lowest BCUT2D eigenvalue weighted by Gasteiger charge is -2.11. The molecule has 3 nitrogen and oxygen atoms in total. The molecule has 0 saturated carbocycles. The van der Waals surface area contributed by atoms with Crippen molar-refractivity contribution >= 4 is 47.8 Å². The number of halogens is 3. The SMILES string of the molecule is COCCOCCOc1c(Br)cc(CBr)cc1Br. The molecule has 0 bridgehead atoms. The van der Waals surface area contributed by atoms with Gasteiger partial charge in [0.05, 0.1) is 28.8 Å². The van der Waals surface area contributed by atoms with Crippen molar-refractivity contribution in [2.45, 2.75) is 5.33 Å². The zero-order valence-corrected chi connectivity index (χ0v) is 14.8. The summed E-state index contributed by atoms with van der Waals surface area (Å²) in [6.45, 7) is 2.25. The number of benzene rings is 1. The van der Waals surface area contributed by atoms with Gasteiger partial charge < -0.3 is 14.2 Å². The first-order valence-electron chi connectivity index (χ1n) is 5.42. The maximum absolute atomic E-state index is 5.67. The van der Waals surface area contributed by atoms with Crippen LogP contribution in [0.2, 0.25) is 0 Å². The zero-order valence-electron chi connectivity index (χ0n) is 10.0. The Bertz CT molecular complexity index is 349. The number of hydrogen-bond donors (Lipinski definition) is 0. The molecule has 1 aromatic carbocycles. The van der Waals surface area contributed by atoms with Crippen LogP contribution in [0.3, 0.4) is 0 Å². The lowest BCUT2D eigenvalue weighted by Crippen LogP contribution is -2.10. The molecule has 0 amide bonds. The highest BCUT2D eigenvalue weighted by atomic mass is 79.9. The molecule has 0 aliphatic heterocycles. The van der Waals surface area contributed by atoms with E-state index in [0.29, 0.717) is 26.4 Å². The maximum atomic E-state index is 5.67. The molecule has 0 N–H and O–H groups in total. The van der Waals surface area contributed by atoms with E-state index in [9.17, 15) is 0 Å². The van der Waals surface area contributed by atoms with E-state index in [0.717, 1.165) is 20.0 Å². The van der Waals surface area contributed by atoms with E-state index >= 15 is 0 Å². The van der Waals surface area contributed by atoms with Gasteiger partial charge in [0.2, 0.25) is 0 Å². The molecule has 0 aliphatic rings. The molecule has 102 valence electrons. The van der Waals surface area contributed by atoms with Crippen LogP contribution in [0, 0.1) is 0 Å². The van der Waals surface area contributed by atoms with E-state index in [-0.39, 0.29) is 0 Å². The predicted molar refractivity (Wildman–Crippen MR) is 82.7 cm³/mol. The molecule has 0 atom stereocenters. The van der Waals surface area contributed by atoms with Gasteiger partial charge in [-0.15, -0.1) is 0 Å². The molecular formula is C12H15Br3O3. The Morgan fingerprint density at radius 3 is 2.17 bits per heavy atom. The first kappa shape index (κ1) is 16.4. The Morgan fingerprint density at radius 2 is 1.61 bits per heavy atom. The minimum absolute atomic E-state index is 0.509. The van der Waals surface area contributed by atoms with Gasteiger partial charge in [0, 0.05) is 12.4 Å². The molecule has 0 saturated heterocycles. The Labute approximate surface area is 133 Å². The topological polar surface area (TPSA) is 27.7 Å². The summed E-state index contributed by atoms with van der Waals surface area (Å²) >= 11 is 10.4. The van der Waals surface area contributed by atoms with Gasteiger partial charge in [-0.3, -0.25) is 0 Å². The van der Waals surface area contributed by atoms with Crippen LogP contribution >= 0.6 is 47.8 Å². The van der Waals surface area contributed by atoms with Crippen molar-refractivity contribution in [3.05, 3.63) is 26.6 Å². The molecule has 1 aromatic rings. The monoisotopic (exact) mass is 444 g/mol. The summed E-state index contributed by atoms with van der Waals surface area (Å²) in [6.07, 6.45) is 0. The third-order valence-electron chi connectivity index (χ3n) is 2.12. The first-order valence-corrected chi connectivity index (χ1v) is 8.13. The number of ether oxygens (including phenoxy) is 3.